The van der Waals surface area contributed by atoms with E-state index in [4.69, 9.17) is 16.3 Å². The summed E-state index contributed by atoms with van der Waals surface area (Å²) in [6.07, 6.45) is 0.661. The van der Waals surface area contributed by atoms with E-state index in [1.165, 1.54) is 11.0 Å². The van der Waals surface area contributed by atoms with E-state index < -0.39 is 18.5 Å². The predicted octanol–water partition coefficient (Wildman–Crippen LogP) is 4.45. The average molecular weight is 482 g/mol. The first-order chi connectivity index (χ1) is 13.8. The number of aryl methyl sites for hydroxylation is 1. The standard InChI is InChI=1S/C21H22BrClN2O4/c1-3-10-25(12-19(26)24-18-7-5-4-6-14(18)2)20(27)13-29-21(28)16-11-15(22)8-9-17(16)23/h4-9,11H,3,10,12-13H2,1-2H3,(H,24,26). The number of para-hydroxylation sites is 1. The lowest BCUT2D eigenvalue weighted by atomic mass is 10.2. The molecule has 0 spiro atoms. The Labute approximate surface area is 183 Å². The molecule has 0 aromatic heterocycles. The summed E-state index contributed by atoms with van der Waals surface area (Å²) in [5.74, 6) is -1.47. The molecule has 0 unspecified atom stereocenters. The fourth-order valence-corrected chi connectivity index (χ4v) is 3.14. The van der Waals surface area contributed by atoms with E-state index in [2.05, 4.69) is 21.2 Å². The second kappa shape index (κ2) is 11.0. The number of hydrogen-bond acceptors (Lipinski definition) is 4. The molecule has 0 saturated heterocycles. The van der Waals surface area contributed by atoms with Gasteiger partial charge in [0, 0.05) is 16.7 Å². The van der Waals surface area contributed by atoms with Gasteiger partial charge < -0.3 is 15.0 Å². The monoisotopic (exact) mass is 480 g/mol. The number of rotatable bonds is 8. The van der Waals surface area contributed by atoms with Crippen LogP contribution in [0.2, 0.25) is 5.02 Å². The van der Waals surface area contributed by atoms with Crippen molar-refractivity contribution in [3.8, 4) is 0 Å². The van der Waals surface area contributed by atoms with Crippen molar-refractivity contribution in [2.24, 2.45) is 0 Å². The van der Waals surface area contributed by atoms with Crippen LogP contribution >= 0.6 is 27.5 Å². The minimum Gasteiger partial charge on any atom is -0.452 e. The zero-order chi connectivity index (χ0) is 21.4. The Morgan fingerprint density at radius 1 is 1.17 bits per heavy atom. The number of carbonyl (C=O) groups is 3. The highest BCUT2D eigenvalue weighted by Crippen LogP contribution is 2.21. The number of nitrogens with zero attached hydrogens (tertiary/aromatic N) is 1. The van der Waals surface area contributed by atoms with Crippen LogP contribution in [0, 0.1) is 6.92 Å². The quantitative estimate of drug-likeness (QED) is 0.565. The molecule has 2 aromatic carbocycles. The van der Waals surface area contributed by atoms with Crippen molar-refractivity contribution in [2.75, 3.05) is 25.0 Å². The van der Waals surface area contributed by atoms with Gasteiger partial charge >= 0.3 is 5.97 Å². The Balaban J connectivity index is 1.96. The van der Waals surface area contributed by atoms with Crippen LogP contribution in [-0.2, 0) is 14.3 Å². The fraction of sp³-hybridized carbons (Fsp3) is 0.286. The van der Waals surface area contributed by atoms with Crippen molar-refractivity contribution < 1.29 is 19.1 Å². The first kappa shape index (κ1) is 22.9. The highest BCUT2D eigenvalue weighted by Gasteiger charge is 2.20. The van der Waals surface area contributed by atoms with Crippen LogP contribution in [0.25, 0.3) is 0 Å². The number of amides is 2. The summed E-state index contributed by atoms with van der Waals surface area (Å²) in [6, 6.07) is 12.2. The van der Waals surface area contributed by atoms with Gasteiger partial charge in [-0.2, -0.15) is 0 Å². The minimum absolute atomic E-state index is 0.129. The van der Waals surface area contributed by atoms with Crippen LogP contribution in [0.5, 0.6) is 0 Å². The van der Waals surface area contributed by atoms with E-state index in [1.807, 2.05) is 32.0 Å². The number of carbonyl (C=O) groups excluding carboxylic acids is 3. The van der Waals surface area contributed by atoms with Crippen molar-refractivity contribution in [3.05, 3.63) is 63.1 Å². The van der Waals surface area contributed by atoms with Gasteiger partial charge in [0.1, 0.15) is 0 Å². The highest BCUT2D eigenvalue weighted by molar-refractivity contribution is 9.10. The second-order valence-corrected chi connectivity index (χ2v) is 7.70. The molecule has 2 amide bonds. The van der Waals surface area contributed by atoms with Crippen LogP contribution in [0.3, 0.4) is 0 Å². The summed E-state index contributed by atoms with van der Waals surface area (Å²) in [5, 5.41) is 3.03. The molecule has 0 aliphatic carbocycles. The summed E-state index contributed by atoms with van der Waals surface area (Å²) in [4.78, 5) is 38.5. The number of esters is 1. The molecule has 8 heteroatoms. The number of nitrogens with one attached hydrogen (secondary N) is 1. The SMILES string of the molecule is CCCN(CC(=O)Nc1ccccc1C)C(=O)COC(=O)c1cc(Br)ccc1Cl. The lowest BCUT2D eigenvalue weighted by molar-refractivity contribution is -0.137. The van der Waals surface area contributed by atoms with Crippen LogP contribution in [-0.4, -0.2) is 42.4 Å². The molecule has 0 heterocycles. The third-order valence-corrected chi connectivity index (χ3v) is 4.90. The van der Waals surface area contributed by atoms with Crippen LogP contribution in [0.15, 0.2) is 46.9 Å². The van der Waals surface area contributed by atoms with E-state index in [0.717, 1.165) is 5.56 Å². The molecule has 2 aromatic rings. The van der Waals surface area contributed by atoms with Gasteiger partial charge in [0.05, 0.1) is 17.1 Å². The number of halogens is 2. The number of anilines is 1. The van der Waals surface area contributed by atoms with Crippen molar-refractivity contribution in [3.63, 3.8) is 0 Å². The number of hydrogen-bond donors (Lipinski definition) is 1. The topological polar surface area (TPSA) is 75.7 Å². The van der Waals surface area contributed by atoms with Crippen molar-refractivity contribution in [1.82, 2.24) is 4.90 Å². The Hall–Kier alpha value is -2.38. The van der Waals surface area contributed by atoms with Crippen LogP contribution in [0.4, 0.5) is 5.69 Å². The summed E-state index contributed by atoms with van der Waals surface area (Å²) in [6.45, 7) is 3.55. The van der Waals surface area contributed by atoms with E-state index in [9.17, 15) is 14.4 Å². The maximum absolute atomic E-state index is 12.5. The van der Waals surface area contributed by atoms with E-state index >= 15 is 0 Å². The van der Waals surface area contributed by atoms with Gasteiger partial charge in [-0.05, 0) is 43.2 Å². The van der Waals surface area contributed by atoms with Crippen LogP contribution in [0.1, 0.15) is 29.3 Å². The molecule has 0 aliphatic heterocycles. The second-order valence-electron chi connectivity index (χ2n) is 6.38. The first-order valence-electron chi connectivity index (χ1n) is 9.07. The highest BCUT2D eigenvalue weighted by atomic mass is 79.9. The molecule has 2 rings (SSSR count). The summed E-state index contributed by atoms with van der Waals surface area (Å²) in [7, 11) is 0. The van der Waals surface area contributed by atoms with Gasteiger partial charge in [0.2, 0.25) is 5.91 Å². The third-order valence-electron chi connectivity index (χ3n) is 4.07. The van der Waals surface area contributed by atoms with E-state index in [1.54, 1.807) is 18.2 Å². The molecule has 0 atom stereocenters. The molecular formula is C21H22BrClN2O4. The molecule has 0 bridgehead atoms. The van der Waals surface area contributed by atoms with Crippen LogP contribution < -0.4 is 5.32 Å². The largest absolute Gasteiger partial charge is 0.452 e. The molecule has 1 N–H and O–H groups in total. The number of benzene rings is 2. The molecule has 0 aliphatic rings. The smallest absolute Gasteiger partial charge is 0.340 e. The van der Waals surface area contributed by atoms with Gasteiger partial charge in [0.15, 0.2) is 6.61 Å². The summed E-state index contributed by atoms with van der Waals surface area (Å²) in [5.41, 5.74) is 1.78. The lowest BCUT2D eigenvalue weighted by Crippen LogP contribution is -2.40. The fourth-order valence-electron chi connectivity index (χ4n) is 2.59. The average Bonchev–Trinajstić information content (AvgIpc) is 2.69. The first-order valence-corrected chi connectivity index (χ1v) is 10.2. The Morgan fingerprint density at radius 3 is 2.59 bits per heavy atom. The Kier molecular flexibility index (Phi) is 8.67. The van der Waals surface area contributed by atoms with Gasteiger partial charge in [0.25, 0.3) is 5.91 Å². The van der Waals surface area contributed by atoms with Gasteiger partial charge in [-0.1, -0.05) is 52.7 Å². The zero-order valence-corrected chi connectivity index (χ0v) is 18.5. The zero-order valence-electron chi connectivity index (χ0n) is 16.2. The van der Waals surface area contributed by atoms with Gasteiger partial charge in [-0.15, -0.1) is 0 Å². The minimum atomic E-state index is -0.703. The number of ether oxygens (including phenoxy) is 1. The molecule has 154 valence electrons. The van der Waals surface area contributed by atoms with Crippen molar-refractivity contribution in [2.45, 2.75) is 20.3 Å². The third kappa shape index (κ3) is 6.87. The maximum Gasteiger partial charge on any atom is 0.340 e. The van der Waals surface area contributed by atoms with Crippen molar-refractivity contribution in [1.29, 1.82) is 0 Å². The molecule has 0 fully saturated rings. The van der Waals surface area contributed by atoms with E-state index in [-0.39, 0.29) is 23.0 Å². The maximum atomic E-state index is 12.5. The molecule has 0 saturated carbocycles. The summed E-state index contributed by atoms with van der Waals surface area (Å²) >= 11 is 9.27. The van der Waals surface area contributed by atoms with Crippen molar-refractivity contribution >= 4 is 51.0 Å². The molecule has 6 nitrogen and oxygen atoms in total. The molecule has 0 radical (unpaired) electrons. The van der Waals surface area contributed by atoms with Gasteiger partial charge in [-0.25, -0.2) is 4.79 Å². The Bertz CT molecular complexity index is 904. The molecule has 29 heavy (non-hydrogen) atoms. The predicted molar refractivity (Wildman–Crippen MR) is 116 cm³/mol. The molecular weight excluding hydrogens is 460 g/mol. The van der Waals surface area contributed by atoms with E-state index in [0.29, 0.717) is 23.1 Å². The normalized spacial score (nSPS) is 10.3. The lowest BCUT2D eigenvalue weighted by Gasteiger charge is -2.21. The summed E-state index contributed by atoms with van der Waals surface area (Å²) < 4.78 is 5.77. The van der Waals surface area contributed by atoms with Gasteiger partial charge in [-0.3, -0.25) is 9.59 Å². The Morgan fingerprint density at radius 2 is 1.90 bits per heavy atom.